The van der Waals surface area contributed by atoms with E-state index in [-0.39, 0.29) is 0 Å². The summed E-state index contributed by atoms with van der Waals surface area (Å²) in [6.45, 7) is 9.31. The zero-order valence-electron chi connectivity index (χ0n) is 11.9. The van der Waals surface area contributed by atoms with Gasteiger partial charge in [-0.05, 0) is 26.2 Å². The minimum atomic E-state index is 0.578. The SMILES string of the molecule is CCNc1cc(CC(C)C)nc(-c2csc(C)n2)n1. The van der Waals surface area contributed by atoms with Crippen LogP contribution >= 0.6 is 11.3 Å². The molecular weight excluding hydrogens is 256 g/mol. The number of hydrogen-bond acceptors (Lipinski definition) is 5. The molecule has 0 saturated carbocycles. The molecule has 0 spiro atoms. The lowest BCUT2D eigenvalue weighted by Gasteiger charge is -2.09. The summed E-state index contributed by atoms with van der Waals surface area (Å²) >= 11 is 1.63. The molecule has 0 atom stereocenters. The summed E-state index contributed by atoms with van der Waals surface area (Å²) < 4.78 is 0. The van der Waals surface area contributed by atoms with E-state index in [2.05, 4.69) is 41.0 Å². The van der Waals surface area contributed by atoms with Gasteiger partial charge in [0.15, 0.2) is 5.82 Å². The standard InChI is InChI=1S/C14H20N4S/c1-5-15-13-7-11(6-9(2)3)17-14(18-13)12-8-19-10(4)16-12/h7-9H,5-6H2,1-4H3,(H,15,17,18). The zero-order chi connectivity index (χ0) is 13.8. The van der Waals surface area contributed by atoms with Crippen LogP contribution in [0.15, 0.2) is 11.4 Å². The van der Waals surface area contributed by atoms with Crippen molar-refractivity contribution in [3.63, 3.8) is 0 Å². The Balaban J connectivity index is 2.38. The molecule has 19 heavy (non-hydrogen) atoms. The molecule has 0 radical (unpaired) electrons. The van der Waals surface area contributed by atoms with E-state index < -0.39 is 0 Å². The van der Waals surface area contributed by atoms with Crippen molar-refractivity contribution in [2.45, 2.75) is 34.1 Å². The molecular formula is C14H20N4S. The molecule has 2 rings (SSSR count). The van der Waals surface area contributed by atoms with E-state index >= 15 is 0 Å². The summed E-state index contributed by atoms with van der Waals surface area (Å²) in [4.78, 5) is 13.6. The smallest absolute Gasteiger partial charge is 0.181 e. The molecule has 102 valence electrons. The van der Waals surface area contributed by atoms with Gasteiger partial charge in [0.2, 0.25) is 0 Å². The first-order valence-electron chi connectivity index (χ1n) is 6.62. The number of thiazole rings is 1. The summed E-state index contributed by atoms with van der Waals surface area (Å²) in [5.74, 6) is 2.18. The van der Waals surface area contributed by atoms with Crippen molar-refractivity contribution in [1.82, 2.24) is 15.0 Å². The van der Waals surface area contributed by atoms with Gasteiger partial charge in [0.05, 0.1) is 5.01 Å². The fourth-order valence-corrected chi connectivity index (χ4v) is 2.46. The fraction of sp³-hybridized carbons (Fsp3) is 0.500. The van der Waals surface area contributed by atoms with Gasteiger partial charge >= 0.3 is 0 Å². The highest BCUT2D eigenvalue weighted by atomic mass is 32.1. The van der Waals surface area contributed by atoms with Crippen LogP contribution in [0.2, 0.25) is 0 Å². The van der Waals surface area contributed by atoms with Crippen molar-refractivity contribution in [3.05, 3.63) is 22.1 Å². The lowest BCUT2D eigenvalue weighted by molar-refractivity contribution is 0.634. The van der Waals surface area contributed by atoms with Crippen LogP contribution in [0, 0.1) is 12.8 Å². The molecule has 2 aromatic rings. The quantitative estimate of drug-likeness (QED) is 0.907. The third kappa shape index (κ3) is 3.73. The molecule has 0 unspecified atom stereocenters. The summed E-state index contributed by atoms with van der Waals surface area (Å²) in [6, 6.07) is 2.03. The summed E-state index contributed by atoms with van der Waals surface area (Å²) in [7, 11) is 0. The Morgan fingerprint density at radius 3 is 2.63 bits per heavy atom. The maximum Gasteiger partial charge on any atom is 0.181 e. The van der Waals surface area contributed by atoms with Crippen molar-refractivity contribution in [2.75, 3.05) is 11.9 Å². The number of nitrogens with one attached hydrogen (secondary N) is 1. The minimum Gasteiger partial charge on any atom is -0.370 e. The summed E-state index contributed by atoms with van der Waals surface area (Å²) in [5, 5.41) is 6.32. The van der Waals surface area contributed by atoms with Gasteiger partial charge in [0.1, 0.15) is 11.5 Å². The summed E-state index contributed by atoms with van der Waals surface area (Å²) in [5.41, 5.74) is 1.94. The Morgan fingerprint density at radius 2 is 2.05 bits per heavy atom. The average molecular weight is 276 g/mol. The number of nitrogens with zero attached hydrogens (tertiary/aromatic N) is 3. The Morgan fingerprint density at radius 1 is 1.26 bits per heavy atom. The highest BCUT2D eigenvalue weighted by molar-refractivity contribution is 7.09. The van der Waals surface area contributed by atoms with E-state index in [1.54, 1.807) is 11.3 Å². The molecule has 0 aliphatic rings. The Hall–Kier alpha value is -1.49. The van der Waals surface area contributed by atoms with Crippen molar-refractivity contribution in [3.8, 4) is 11.5 Å². The van der Waals surface area contributed by atoms with Gasteiger partial charge in [-0.15, -0.1) is 11.3 Å². The van der Waals surface area contributed by atoms with Gasteiger partial charge in [0.25, 0.3) is 0 Å². The number of hydrogen-bond donors (Lipinski definition) is 1. The Labute approximate surface area is 118 Å². The predicted octanol–water partition coefficient (Wildman–Crippen LogP) is 3.54. The van der Waals surface area contributed by atoms with Crippen molar-refractivity contribution < 1.29 is 0 Å². The first-order valence-corrected chi connectivity index (χ1v) is 7.50. The third-order valence-electron chi connectivity index (χ3n) is 2.60. The van der Waals surface area contributed by atoms with Crippen LogP contribution in [0.4, 0.5) is 5.82 Å². The third-order valence-corrected chi connectivity index (χ3v) is 3.38. The highest BCUT2D eigenvalue weighted by Crippen LogP contribution is 2.21. The van der Waals surface area contributed by atoms with Gasteiger partial charge in [-0.25, -0.2) is 15.0 Å². The maximum absolute atomic E-state index is 4.63. The van der Waals surface area contributed by atoms with Crippen molar-refractivity contribution in [1.29, 1.82) is 0 Å². The first-order chi connectivity index (χ1) is 9.08. The van der Waals surface area contributed by atoms with Crippen LogP contribution in [0.1, 0.15) is 31.5 Å². The van der Waals surface area contributed by atoms with Gasteiger partial charge in [0, 0.05) is 23.7 Å². The number of anilines is 1. The van der Waals surface area contributed by atoms with Crippen LogP contribution in [-0.2, 0) is 6.42 Å². The molecule has 1 N–H and O–H groups in total. The largest absolute Gasteiger partial charge is 0.370 e. The number of aromatic nitrogens is 3. The van der Waals surface area contributed by atoms with Gasteiger partial charge in [-0.3, -0.25) is 0 Å². The van der Waals surface area contributed by atoms with E-state index in [9.17, 15) is 0 Å². The molecule has 0 fully saturated rings. The second-order valence-electron chi connectivity index (χ2n) is 4.95. The molecule has 0 saturated heterocycles. The van der Waals surface area contributed by atoms with Crippen molar-refractivity contribution >= 4 is 17.2 Å². The van der Waals surface area contributed by atoms with Gasteiger partial charge < -0.3 is 5.32 Å². The molecule has 0 amide bonds. The fourth-order valence-electron chi connectivity index (χ4n) is 1.87. The lowest BCUT2D eigenvalue weighted by atomic mass is 10.1. The Bertz CT molecular complexity index is 548. The molecule has 2 aromatic heterocycles. The van der Waals surface area contributed by atoms with Crippen LogP contribution in [-0.4, -0.2) is 21.5 Å². The van der Waals surface area contributed by atoms with Crippen LogP contribution in [0.25, 0.3) is 11.5 Å². The zero-order valence-corrected chi connectivity index (χ0v) is 12.7. The molecule has 4 nitrogen and oxygen atoms in total. The van der Waals surface area contributed by atoms with E-state index in [1.165, 1.54) is 0 Å². The number of rotatable bonds is 5. The van der Waals surface area contributed by atoms with Crippen molar-refractivity contribution in [2.24, 2.45) is 5.92 Å². The van der Waals surface area contributed by atoms with E-state index in [1.807, 2.05) is 18.4 Å². The first kappa shape index (κ1) is 13.9. The molecule has 2 heterocycles. The van der Waals surface area contributed by atoms with E-state index in [4.69, 9.17) is 0 Å². The predicted molar refractivity (Wildman–Crippen MR) is 80.6 cm³/mol. The average Bonchev–Trinajstić information content (AvgIpc) is 2.75. The summed E-state index contributed by atoms with van der Waals surface area (Å²) in [6.07, 6.45) is 0.955. The molecule has 0 aliphatic carbocycles. The van der Waals surface area contributed by atoms with Crippen LogP contribution < -0.4 is 5.32 Å². The molecule has 5 heteroatoms. The number of aryl methyl sites for hydroxylation is 1. The van der Waals surface area contributed by atoms with E-state index in [0.29, 0.717) is 5.92 Å². The normalized spacial score (nSPS) is 11.0. The molecule has 0 aromatic carbocycles. The Kier molecular flexibility index (Phi) is 4.47. The second-order valence-corrected chi connectivity index (χ2v) is 6.01. The van der Waals surface area contributed by atoms with Gasteiger partial charge in [-0.1, -0.05) is 13.8 Å². The molecule has 0 aliphatic heterocycles. The maximum atomic E-state index is 4.63. The molecule has 0 bridgehead atoms. The topological polar surface area (TPSA) is 50.7 Å². The highest BCUT2D eigenvalue weighted by Gasteiger charge is 2.10. The minimum absolute atomic E-state index is 0.578. The van der Waals surface area contributed by atoms with Gasteiger partial charge in [-0.2, -0.15) is 0 Å². The second kappa shape index (κ2) is 6.10. The monoisotopic (exact) mass is 276 g/mol. The van der Waals surface area contributed by atoms with E-state index in [0.717, 1.165) is 41.0 Å². The van der Waals surface area contributed by atoms with Crippen LogP contribution in [0.3, 0.4) is 0 Å². The van der Waals surface area contributed by atoms with Crippen LogP contribution in [0.5, 0.6) is 0 Å². The lowest BCUT2D eigenvalue weighted by Crippen LogP contribution is -2.06.